The molecule has 1 fully saturated rings. The first-order valence-corrected chi connectivity index (χ1v) is 7.47. The number of nitrogens with zero attached hydrogens (tertiary/aromatic N) is 2. The molecular formula is C16H22FN3O2. The maximum atomic E-state index is 12.9. The number of carbonyl (C=O) groups is 2. The fraction of sp³-hybridized carbons (Fsp3) is 0.500. The summed E-state index contributed by atoms with van der Waals surface area (Å²) >= 11 is 0. The van der Waals surface area contributed by atoms with Crippen LogP contribution in [0, 0.1) is 5.82 Å². The van der Waals surface area contributed by atoms with Crippen molar-refractivity contribution >= 4 is 11.8 Å². The monoisotopic (exact) mass is 307 g/mol. The molecule has 0 spiro atoms. The molecule has 1 aromatic carbocycles. The minimum atomic E-state index is -0.330. The number of nitrogens with one attached hydrogen (secondary N) is 1. The van der Waals surface area contributed by atoms with Gasteiger partial charge in [-0.05, 0) is 24.1 Å². The van der Waals surface area contributed by atoms with Gasteiger partial charge in [0.15, 0.2) is 0 Å². The highest BCUT2D eigenvalue weighted by Crippen LogP contribution is 2.12. The first-order chi connectivity index (χ1) is 10.5. The summed E-state index contributed by atoms with van der Waals surface area (Å²) in [6.07, 6.45) is 0.744. The van der Waals surface area contributed by atoms with E-state index in [2.05, 4.69) is 10.2 Å². The molecule has 1 aliphatic rings. The zero-order chi connectivity index (χ0) is 16.1. The van der Waals surface area contributed by atoms with E-state index >= 15 is 0 Å². The number of likely N-dealkylation sites (N-methyl/N-ethyl adjacent to an activating group) is 1. The van der Waals surface area contributed by atoms with Crippen LogP contribution >= 0.6 is 0 Å². The number of piperazine rings is 1. The van der Waals surface area contributed by atoms with Gasteiger partial charge in [0.05, 0.1) is 0 Å². The van der Waals surface area contributed by atoms with Crippen molar-refractivity contribution in [1.82, 2.24) is 15.1 Å². The van der Waals surface area contributed by atoms with Crippen LogP contribution in [0.3, 0.4) is 0 Å². The summed E-state index contributed by atoms with van der Waals surface area (Å²) in [5.74, 6) is -0.334. The summed E-state index contributed by atoms with van der Waals surface area (Å²) in [7, 11) is 1.60. The molecule has 120 valence electrons. The standard InChI is InChI=1S/C16H22FN3O2/c1-12(21)20-10-9-19(15(11-20)16(22)18-2)8-7-13-3-5-14(17)6-4-13/h3-6,15H,7-11H2,1-2H3,(H,18,22)/t15-/m0/s1. The van der Waals surface area contributed by atoms with Crippen LogP contribution < -0.4 is 5.32 Å². The first-order valence-electron chi connectivity index (χ1n) is 7.47. The minimum Gasteiger partial charge on any atom is -0.358 e. The molecule has 2 amide bonds. The van der Waals surface area contributed by atoms with Gasteiger partial charge in [-0.3, -0.25) is 14.5 Å². The number of carbonyl (C=O) groups excluding carboxylic acids is 2. The molecule has 0 aromatic heterocycles. The Hall–Kier alpha value is -1.95. The summed E-state index contributed by atoms with van der Waals surface area (Å²) in [5, 5.41) is 2.66. The number of benzene rings is 1. The molecule has 1 heterocycles. The number of hydrogen-bond acceptors (Lipinski definition) is 3. The molecule has 1 aromatic rings. The predicted octanol–water partition coefficient (Wildman–Crippen LogP) is 0.647. The van der Waals surface area contributed by atoms with Gasteiger partial charge in [0, 0.05) is 40.2 Å². The number of rotatable bonds is 4. The summed E-state index contributed by atoms with van der Waals surface area (Å²) in [6.45, 7) is 3.94. The molecule has 1 aliphatic heterocycles. The van der Waals surface area contributed by atoms with Crippen LogP contribution in [0.2, 0.25) is 0 Å². The van der Waals surface area contributed by atoms with Crippen LogP contribution in [0.5, 0.6) is 0 Å². The lowest BCUT2D eigenvalue weighted by atomic mass is 10.1. The van der Waals surface area contributed by atoms with Crippen LogP contribution in [0.15, 0.2) is 24.3 Å². The molecule has 22 heavy (non-hydrogen) atoms. The van der Waals surface area contributed by atoms with Crippen LogP contribution in [-0.4, -0.2) is 60.9 Å². The van der Waals surface area contributed by atoms with E-state index in [9.17, 15) is 14.0 Å². The zero-order valence-electron chi connectivity index (χ0n) is 13.0. The molecule has 5 nitrogen and oxygen atoms in total. The molecule has 0 aliphatic carbocycles. The lowest BCUT2D eigenvalue weighted by Gasteiger charge is -2.40. The second-order valence-electron chi connectivity index (χ2n) is 5.51. The fourth-order valence-corrected chi connectivity index (χ4v) is 2.71. The van der Waals surface area contributed by atoms with E-state index < -0.39 is 0 Å². The van der Waals surface area contributed by atoms with Gasteiger partial charge in [-0.2, -0.15) is 0 Å². The predicted molar refractivity (Wildman–Crippen MR) is 81.8 cm³/mol. The second kappa shape index (κ2) is 7.35. The lowest BCUT2D eigenvalue weighted by Crippen LogP contribution is -2.59. The van der Waals surface area contributed by atoms with Gasteiger partial charge >= 0.3 is 0 Å². The highest BCUT2D eigenvalue weighted by atomic mass is 19.1. The zero-order valence-corrected chi connectivity index (χ0v) is 13.0. The quantitative estimate of drug-likeness (QED) is 0.888. The van der Waals surface area contributed by atoms with Crippen molar-refractivity contribution < 1.29 is 14.0 Å². The van der Waals surface area contributed by atoms with Crippen LogP contribution in [0.1, 0.15) is 12.5 Å². The van der Waals surface area contributed by atoms with Crippen LogP contribution in [-0.2, 0) is 16.0 Å². The highest BCUT2D eigenvalue weighted by Gasteiger charge is 2.32. The Morgan fingerprint density at radius 3 is 2.55 bits per heavy atom. The van der Waals surface area contributed by atoms with E-state index in [1.54, 1.807) is 24.1 Å². The molecule has 0 saturated carbocycles. The maximum absolute atomic E-state index is 12.9. The third-order valence-corrected chi connectivity index (χ3v) is 4.09. The highest BCUT2D eigenvalue weighted by molar-refractivity contribution is 5.83. The average Bonchev–Trinajstić information content (AvgIpc) is 2.53. The molecule has 1 N–H and O–H groups in total. The van der Waals surface area contributed by atoms with Crippen molar-refractivity contribution in [2.24, 2.45) is 0 Å². The van der Waals surface area contributed by atoms with Gasteiger partial charge in [0.1, 0.15) is 11.9 Å². The third-order valence-electron chi connectivity index (χ3n) is 4.09. The summed E-state index contributed by atoms with van der Waals surface area (Å²) in [6, 6.07) is 6.08. The molecular weight excluding hydrogens is 285 g/mol. The smallest absolute Gasteiger partial charge is 0.238 e. The first kappa shape index (κ1) is 16.4. The molecule has 0 bridgehead atoms. The molecule has 1 saturated heterocycles. The van der Waals surface area contributed by atoms with Gasteiger partial charge in [0.2, 0.25) is 11.8 Å². The third kappa shape index (κ3) is 4.04. The molecule has 0 unspecified atom stereocenters. The second-order valence-corrected chi connectivity index (χ2v) is 5.51. The van der Waals surface area contributed by atoms with E-state index in [1.807, 2.05) is 0 Å². The average molecular weight is 307 g/mol. The van der Waals surface area contributed by atoms with E-state index in [0.29, 0.717) is 26.2 Å². The van der Waals surface area contributed by atoms with Gasteiger partial charge < -0.3 is 10.2 Å². The summed E-state index contributed by atoms with van der Waals surface area (Å²) in [5.41, 5.74) is 1.03. The Bertz CT molecular complexity index is 533. The number of amides is 2. The topological polar surface area (TPSA) is 52.7 Å². The Kier molecular flexibility index (Phi) is 5.49. The molecule has 1 atom stereocenters. The van der Waals surface area contributed by atoms with Gasteiger partial charge in [-0.25, -0.2) is 4.39 Å². The Labute approximate surface area is 130 Å². The van der Waals surface area contributed by atoms with Crippen molar-refractivity contribution in [3.8, 4) is 0 Å². The van der Waals surface area contributed by atoms with Crippen molar-refractivity contribution in [2.75, 3.05) is 33.2 Å². The largest absolute Gasteiger partial charge is 0.358 e. The van der Waals surface area contributed by atoms with Crippen LogP contribution in [0.4, 0.5) is 4.39 Å². The molecule has 6 heteroatoms. The fourth-order valence-electron chi connectivity index (χ4n) is 2.71. The SMILES string of the molecule is CNC(=O)[C@@H]1CN(C(C)=O)CCN1CCc1ccc(F)cc1. The summed E-state index contributed by atoms with van der Waals surface area (Å²) in [4.78, 5) is 27.4. The van der Waals surface area contributed by atoms with Crippen LogP contribution in [0.25, 0.3) is 0 Å². The Morgan fingerprint density at radius 1 is 1.27 bits per heavy atom. The van der Waals surface area contributed by atoms with E-state index in [1.165, 1.54) is 19.1 Å². The lowest BCUT2D eigenvalue weighted by molar-refractivity contribution is -0.136. The van der Waals surface area contributed by atoms with Gasteiger partial charge in [-0.15, -0.1) is 0 Å². The van der Waals surface area contributed by atoms with E-state index in [0.717, 1.165) is 12.0 Å². The van der Waals surface area contributed by atoms with E-state index in [-0.39, 0.29) is 23.7 Å². The maximum Gasteiger partial charge on any atom is 0.238 e. The Balaban J connectivity index is 1.99. The van der Waals surface area contributed by atoms with Crippen molar-refractivity contribution in [1.29, 1.82) is 0 Å². The number of hydrogen-bond donors (Lipinski definition) is 1. The van der Waals surface area contributed by atoms with Crippen molar-refractivity contribution in [3.63, 3.8) is 0 Å². The van der Waals surface area contributed by atoms with Crippen molar-refractivity contribution in [2.45, 2.75) is 19.4 Å². The minimum absolute atomic E-state index is 0.00733. The summed E-state index contributed by atoms with van der Waals surface area (Å²) < 4.78 is 12.9. The van der Waals surface area contributed by atoms with Crippen molar-refractivity contribution in [3.05, 3.63) is 35.6 Å². The molecule has 0 radical (unpaired) electrons. The van der Waals surface area contributed by atoms with Gasteiger partial charge in [0.25, 0.3) is 0 Å². The number of halogens is 1. The molecule has 2 rings (SSSR count). The Morgan fingerprint density at radius 2 is 1.95 bits per heavy atom. The van der Waals surface area contributed by atoms with E-state index in [4.69, 9.17) is 0 Å². The normalized spacial score (nSPS) is 19.0. The van der Waals surface area contributed by atoms with Gasteiger partial charge in [-0.1, -0.05) is 12.1 Å².